The van der Waals surface area contributed by atoms with Crippen LogP contribution in [-0.4, -0.2) is 4.57 Å². The SMILES string of the molecule is c1ccc(-c2cccc(N(c3ccc(-c4ccc5oc6c(-c7ccccc7)cccc6c5c4)cc3)c3cccc4c3c3ccccc3n4-c3ccccc3)c2)cc1. The fraction of sp³-hybridized carbons (Fsp3) is 0. The first-order valence-electron chi connectivity index (χ1n) is 19.4. The number of fused-ring (bicyclic) bond motifs is 6. The first-order valence-corrected chi connectivity index (χ1v) is 19.4. The molecule has 0 unspecified atom stereocenters. The third kappa shape index (κ3) is 5.60. The fourth-order valence-corrected chi connectivity index (χ4v) is 8.55. The zero-order chi connectivity index (χ0) is 37.7. The van der Waals surface area contributed by atoms with Crippen LogP contribution in [0.25, 0.3) is 82.8 Å². The van der Waals surface area contributed by atoms with Gasteiger partial charge >= 0.3 is 0 Å². The monoisotopic (exact) mass is 728 g/mol. The second-order valence-corrected chi connectivity index (χ2v) is 14.5. The molecule has 0 saturated carbocycles. The zero-order valence-electron chi connectivity index (χ0n) is 31.1. The summed E-state index contributed by atoms with van der Waals surface area (Å²) in [5.41, 5.74) is 15.5. The van der Waals surface area contributed by atoms with Gasteiger partial charge in [-0.05, 0) is 94.5 Å². The number of aromatic nitrogens is 1. The Morgan fingerprint density at radius 3 is 1.77 bits per heavy atom. The Kier molecular flexibility index (Phi) is 7.82. The van der Waals surface area contributed by atoms with Gasteiger partial charge in [-0.2, -0.15) is 0 Å². The molecule has 3 heteroatoms. The van der Waals surface area contributed by atoms with E-state index in [9.17, 15) is 0 Å². The van der Waals surface area contributed by atoms with E-state index in [1.807, 2.05) is 6.07 Å². The molecule has 0 amide bonds. The molecule has 2 aromatic heterocycles. The van der Waals surface area contributed by atoms with Crippen molar-refractivity contribution in [2.75, 3.05) is 4.90 Å². The normalized spacial score (nSPS) is 11.5. The molecule has 3 nitrogen and oxygen atoms in total. The summed E-state index contributed by atoms with van der Waals surface area (Å²) in [5.74, 6) is 0. The van der Waals surface area contributed by atoms with Gasteiger partial charge < -0.3 is 13.9 Å². The van der Waals surface area contributed by atoms with E-state index in [1.165, 1.54) is 27.4 Å². The Morgan fingerprint density at radius 2 is 0.965 bits per heavy atom. The van der Waals surface area contributed by atoms with Crippen LogP contribution in [0.4, 0.5) is 17.1 Å². The van der Waals surface area contributed by atoms with Crippen molar-refractivity contribution in [2.45, 2.75) is 0 Å². The fourth-order valence-electron chi connectivity index (χ4n) is 8.55. The maximum atomic E-state index is 6.51. The summed E-state index contributed by atoms with van der Waals surface area (Å²) in [6, 6.07) is 78.1. The third-order valence-corrected chi connectivity index (χ3v) is 11.2. The molecule has 11 rings (SSSR count). The van der Waals surface area contributed by atoms with Crippen LogP contribution >= 0.6 is 0 Å². The molecule has 268 valence electrons. The highest BCUT2D eigenvalue weighted by Gasteiger charge is 2.22. The average Bonchev–Trinajstić information content (AvgIpc) is 3.84. The summed E-state index contributed by atoms with van der Waals surface area (Å²) >= 11 is 0. The van der Waals surface area contributed by atoms with Crippen LogP contribution in [0.1, 0.15) is 0 Å². The summed E-state index contributed by atoms with van der Waals surface area (Å²) in [6.45, 7) is 0. The standard InChI is InChI=1S/C54H36N2O/c1-4-15-37(16-5-1)40-19-12-22-44(35-40)55(50-27-14-28-51-53(50)47-23-10-11-26-49(47)56(51)42-20-8-3-9-21-42)43-32-29-38(30-33-43)41-31-34-52-48(36-41)46-25-13-24-45(54(46)57-52)39-17-6-2-7-18-39/h1-36H. The third-order valence-electron chi connectivity index (χ3n) is 11.2. The largest absolute Gasteiger partial charge is 0.455 e. The van der Waals surface area contributed by atoms with Gasteiger partial charge in [0, 0.05) is 44.2 Å². The lowest BCUT2D eigenvalue weighted by molar-refractivity contribution is 0.670. The maximum Gasteiger partial charge on any atom is 0.143 e. The first kappa shape index (κ1) is 32.8. The second kappa shape index (κ2) is 13.6. The zero-order valence-corrected chi connectivity index (χ0v) is 31.1. The number of rotatable bonds is 7. The van der Waals surface area contributed by atoms with E-state index in [-0.39, 0.29) is 0 Å². The highest BCUT2D eigenvalue weighted by atomic mass is 16.3. The van der Waals surface area contributed by atoms with Crippen molar-refractivity contribution >= 4 is 60.8 Å². The smallest absolute Gasteiger partial charge is 0.143 e. The first-order chi connectivity index (χ1) is 28.3. The Bertz CT molecular complexity index is 3220. The highest BCUT2D eigenvalue weighted by Crippen LogP contribution is 2.45. The molecule has 0 aliphatic heterocycles. The van der Waals surface area contributed by atoms with E-state index < -0.39 is 0 Å². The minimum atomic E-state index is 0.890. The van der Waals surface area contributed by atoms with Crippen molar-refractivity contribution in [3.8, 4) is 39.1 Å². The van der Waals surface area contributed by atoms with Crippen LogP contribution in [0.2, 0.25) is 0 Å². The topological polar surface area (TPSA) is 21.3 Å². The van der Waals surface area contributed by atoms with Gasteiger partial charge in [-0.3, -0.25) is 0 Å². The summed E-state index contributed by atoms with van der Waals surface area (Å²) in [5, 5.41) is 4.66. The molecule has 0 atom stereocenters. The maximum absolute atomic E-state index is 6.51. The molecule has 2 heterocycles. The number of furan rings is 1. The Balaban J connectivity index is 1.07. The van der Waals surface area contributed by atoms with Gasteiger partial charge in [0.2, 0.25) is 0 Å². The molecule has 11 aromatic rings. The second-order valence-electron chi connectivity index (χ2n) is 14.5. The Hall–Kier alpha value is -7.62. The highest BCUT2D eigenvalue weighted by molar-refractivity contribution is 6.17. The van der Waals surface area contributed by atoms with Gasteiger partial charge in [-0.1, -0.05) is 152 Å². The van der Waals surface area contributed by atoms with Gasteiger partial charge in [-0.15, -0.1) is 0 Å². The predicted molar refractivity (Wildman–Crippen MR) is 239 cm³/mol. The average molecular weight is 729 g/mol. The van der Waals surface area contributed by atoms with E-state index in [0.29, 0.717) is 0 Å². The van der Waals surface area contributed by atoms with Gasteiger partial charge in [0.1, 0.15) is 11.2 Å². The minimum absolute atomic E-state index is 0.890. The number of anilines is 3. The van der Waals surface area contributed by atoms with Crippen LogP contribution in [-0.2, 0) is 0 Å². The number of para-hydroxylation sites is 3. The molecule has 0 saturated heterocycles. The molecule has 0 spiro atoms. The van der Waals surface area contributed by atoms with Crippen LogP contribution < -0.4 is 4.90 Å². The van der Waals surface area contributed by atoms with E-state index >= 15 is 0 Å². The van der Waals surface area contributed by atoms with Crippen LogP contribution in [0, 0.1) is 0 Å². The molecule has 0 fully saturated rings. The lowest BCUT2D eigenvalue weighted by atomic mass is 9.99. The van der Waals surface area contributed by atoms with Crippen LogP contribution in [0.5, 0.6) is 0 Å². The molecule has 0 aliphatic rings. The molecule has 0 bridgehead atoms. The van der Waals surface area contributed by atoms with Crippen LogP contribution in [0.15, 0.2) is 223 Å². The lowest BCUT2D eigenvalue weighted by Crippen LogP contribution is -2.10. The summed E-state index contributed by atoms with van der Waals surface area (Å²) in [6.07, 6.45) is 0. The molecule has 0 radical (unpaired) electrons. The summed E-state index contributed by atoms with van der Waals surface area (Å²) in [4.78, 5) is 2.41. The molecule has 0 N–H and O–H groups in total. The van der Waals surface area contributed by atoms with Crippen molar-refractivity contribution in [3.63, 3.8) is 0 Å². The van der Waals surface area contributed by atoms with E-state index in [4.69, 9.17) is 4.42 Å². The molecular formula is C54H36N2O. The van der Waals surface area contributed by atoms with Gasteiger partial charge in [0.25, 0.3) is 0 Å². The summed E-state index contributed by atoms with van der Waals surface area (Å²) in [7, 11) is 0. The number of hydrogen-bond donors (Lipinski definition) is 0. The number of nitrogens with zero attached hydrogens (tertiary/aromatic N) is 2. The molecule has 0 aliphatic carbocycles. The molecular weight excluding hydrogens is 693 g/mol. The number of hydrogen-bond acceptors (Lipinski definition) is 2. The number of benzene rings is 9. The predicted octanol–water partition coefficient (Wildman–Crippen LogP) is 15.2. The van der Waals surface area contributed by atoms with Crippen molar-refractivity contribution in [1.29, 1.82) is 0 Å². The minimum Gasteiger partial charge on any atom is -0.455 e. The van der Waals surface area contributed by atoms with Crippen molar-refractivity contribution in [2.24, 2.45) is 0 Å². The van der Waals surface area contributed by atoms with E-state index in [1.54, 1.807) is 0 Å². The van der Waals surface area contributed by atoms with Crippen molar-refractivity contribution in [1.82, 2.24) is 4.57 Å². The van der Waals surface area contributed by atoms with Crippen molar-refractivity contribution < 1.29 is 4.42 Å². The van der Waals surface area contributed by atoms with E-state index in [2.05, 4.69) is 222 Å². The molecule has 9 aromatic carbocycles. The molecule has 57 heavy (non-hydrogen) atoms. The quantitative estimate of drug-likeness (QED) is 0.163. The Labute approximate surface area is 330 Å². The van der Waals surface area contributed by atoms with E-state index in [0.717, 1.165) is 72.5 Å². The van der Waals surface area contributed by atoms with Gasteiger partial charge in [0.05, 0.1) is 16.7 Å². The lowest BCUT2D eigenvalue weighted by Gasteiger charge is -2.27. The van der Waals surface area contributed by atoms with Crippen molar-refractivity contribution in [3.05, 3.63) is 218 Å². The Morgan fingerprint density at radius 1 is 0.368 bits per heavy atom. The van der Waals surface area contributed by atoms with Gasteiger partial charge in [0.15, 0.2) is 0 Å². The van der Waals surface area contributed by atoms with Crippen LogP contribution in [0.3, 0.4) is 0 Å². The van der Waals surface area contributed by atoms with Gasteiger partial charge in [-0.25, -0.2) is 0 Å². The summed E-state index contributed by atoms with van der Waals surface area (Å²) < 4.78 is 8.89.